The molecule has 17 heavy (non-hydrogen) atoms. The van der Waals surface area contributed by atoms with Gasteiger partial charge < -0.3 is 5.11 Å². The molecular weight excluding hydrogens is 238 g/mol. The highest BCUT2D eigenvalue weighted by Crippen LogP contribution is 2.35. The Hall–Kier alpha value is -0.910. The van der Waals surface area contributed by atoms with Gasteiger partial charge in [-0.1, -0.05) is 30.3 Å². The second-order valence-electron chi connectivity index (χ2n) is 4.59. The van der Waals surface area contributed by atoms with Crippen LogP contribution in [0.15, 0.2) is 30.3 Å². The summed E-state index contributed by atoms with van der Waals surface area (Å²) in [5.74, 6) is 0.0682. The van der Waals surface area contributed by atoms with Crippen molar-refractivity contribution in [2.75, 3.05) is 12.4 Å². The van der Waals surface area contributed by atoms with Crippen LogP contribution in [0.3, 0.4) is 0 Å². The topological polar surface area (TPSA) is 66.4 Å². The maximum atomic E-state index is 11.8. The first kappa shape index (κ1) is 12.5. The van der Waals surface area contributed by atoms with Crippen molar-refractivity contribution < 1.29 is 13.5 Å². The number of nitrogens with one attached hydrogen (secondary N) is 1. The molecule has 2 N–H and O–H groups in total. The van der Waals surface area contributed by atoms with Crippen LogP contribution in [0, 0.1) is 0 Å². The molecule has 4 nitrogen and oxygen atoms in total. The van der Waals surface area contributed by atoms with Crippen molar-refractivity contribution in [3.63, 3.8) is 0 Å². The number of rotatable bonds is 6. The minimum atomic E-state index is -3.30. The summed E-state index contributed by atoms with van der Waals surface area (Å²) in [6.45, 7) is -0.114. The largest absolute Gasteiger partial charge is 0.394 e. The second kappa shape index (κ2) is 4.76. The van der Waals surface area contributed by atoms with E-state index in [1.165, 1.54) is 0 Å². The van der Waals surface area contributed by atoms with Gasteiger partial charge in [0.25, 0.3) is 0 Å². The van der Waals surface area contributed by atoms with Crippen LogP contribution in [-0.4, -0.2) is 31.4 Å². The molecule has 0 atom stereocenters. The zero-order valence-electron chi connectivity index (χ0n) is 9.59. The minimum Gasteiger partial charge on any atom is -0.394 e. The summed E-state index contributed by atoms with van der Waals surface area (Å²) in [6.07, 6.45) is 1.96. The van der Waals surface area contributed by atoms with Gasteiger partial charge >= 0.3 is 0 Å². The molecule has 1 aromatic carbocycles. The molecule has 2 rings (SSSR count). The number of aliphatic hydroxyl groups excluding tert-OH is 1. The molecule has 1 fully saturated rings. The van der Waals surface area contributed by atoms with Gasteiger partial charge in [0.1, 0.15) is 0 Å². The molecule has 1 aliphatic rings. The first-order valence-corrected chi connectivity index (χ1v) is 7.37. The van der Waals surface area contributed by atoms with Crippen molar-refractivity contribution in [3.8, 4) is 0 Å². The smallest absolute Gasteiger partial charge is 0.212 e. The van der Waals surface area contributed by atoms with Crippen molar-refractivity contribution in [2.45, 2.75) is 24.8 Å². The molecule has 0 heterocycles. The Balaban J connectivity index is 1.90. The van der Waals surface area contributed by atoms with Crippen molar-refractivity contribution in [1.29, 1.82) is 0 Å². The van der Waals surface area contributed by atoms with Crippen molar-refractivity contribution in [2.24, 2.45) is 0 Å². The van der Waals surface area contributed by atoms with Gasteiger partial charge in [-0.05, 0) is 24.8 Å². The average Bonchev–Trinajstić information content (AvgIpc) is 3.08. The van der Waals surface area contributed by atoms with E-state index in [-0.39, 0.29) is 12.4 Å². The first-order valence-electron chi connectivity index (χ1n) is 5.72. The van der Waals surface area contributed by atoms with E-state index in [0.717, 1.165) is 18.4 Å². The van der Waals surface area contributed by atoms with E-state index in [4.69, 9.17) is 5.11 Å². The fourth-order valence-corrected chi connectivity index (χ4v) is 3.26. The predicted octanol–water partition coefficient (Wildman–Crippen LogP) is 0.673. The molecule has 94 valence electrons. The van der Waals surface area contributed by atoms with Gasteiger partial charge in [-0.3, -0.25) is 0 Å². The molecule has 0 bridgehead atoms. The van der Waals surface area contributed by atoms with Gasteiger partial charge in [0.2, 0.25) is 10.0 Å². The van der Waals surface area contributed by atoms with E-state index in [2.05, 4.69) is 4.72 Å². The molecule has 0 spiro atoms. The number of benzene rings is 1. The maximum Gasteiger partial charge on any atom is 0.212 e. The zero-order valence-corrected chi connectivity index (χ0v) is 10.4. The Labute approximate surface area is 102 Å². The minimum absolute atomic E-state index is 0.0682. The van der Waals surface area contributed by atoms with E-state index in [1.807, 2.05) is 30.3 Å². The Morgan fingerprint density at radius 3 is 2.41 bits per heavy atom. The summed E-state index contributed by atoms with van der Waals surface area (Å²) >= 11 is 0. The van der Waals surface area contributed by atoms with Crippen LogP contribution in [0.5, 0.6) is 0 Å². The van der Waals surface area contributed by atoms with Gasteiger partial charge in [0, 0.05) is 0 Å². The van der Waals surface area contributed by atoms with Crippen LogP contribution in [0.2, 0.25) is 0 Å². The molecule has 0 aliphatic heterocycles. The van der Waals surface area contributed by atoms with Crippen LogP contribution in [0.25, 0.3) is 0 Å². The van der Waals surface area contributed by atoms with Crippen molar-refractivity contribution >= 4 is 10.0 Å². The molecule has 5 heteroatoms. The fraction of sp³-hybridized carbons (Fsp3) is 0.500. The van der Waals surface area contributed by atoms with Gasteiger partial charge in [0.05, 0.1) is 17.9 Å². The summed E-state index contributed by atoms with van der Waals surface area (Å²) in [6, 6.07) is 9.51. The van der Waals surface area contributed by atoms with Crippen molar-refractivity contribution in [1.82, 2.24) is 4.72 Å². The van der Waals surface area contributed by atoms with Gasteiger partial charge in [-0.15, -0.1) is 0 Å². The van der Waals surface area contributed by atoms with E-state index in [9.17, 15) is 8.42 Å². The third-order valence-electron chi connectivity index (χ3n) is 3.03. The number of hydrogen-bond acceptors (Lipinski definition) is 3. The number of aryl methyl sites for hydroxylation is 1. The maximum absolute atomic E-state index is 11.8. The molecule has 1 saturated carbocycles. The van der Waals surface area contributed by atoms with Crippen LogP contribution < -0.4 is 4.72 Å². The summed E-state index contributed by atoms with van der Waals surface area (Å²) < 4.78 is 26.2. The Kier molecular flexibility index (Phi) is 3.51. The molecule has 0 saturated heterocycles. The van der Waals surface area contributed by atoms with Crippen LogP contribution in [0.4, 0.5) is 0 Å². The zero-order chi connectivity index (χ0) is 12.4. The quantitative estimate of drug-likeness (QED) is 0.785. The second-order valence-corrected chi connectivity index (χ2v) is 6.44. The molecule has 1 aromatic rings. The predicted molar refractivity (Wildman–Crippen MR) is 66.1 cm³/mol. The third kappa shape index (κ3) is 3.52. The molecule has 0 aromatic heterocycles. The van der Waals surface area contributed by atoms with Crippen LogP contribution >= 0.6 is 0 Å². The monoisotopic (exact) mass is 255 g/mol. The lowest BCUT2D eigenvalue weighted by molar-refractivity contribution is 0.246. The molecule has 1 aliphatic carbocycles. The first-order chi connectivity index (χ1) is 8.05. The SMILES string of the molecule is O=S(=O)(CCc1ccccc1)NC1(CO)CC1. The standard InChI is InChI=1S/C12H17NO3S/c14-10-12(7-8-12)13-17(15,16)9-6-11-4-2-1-3-5-11/h1-5,13-14H,6-10H2. The summed E-state index contributed by atoms with van der Waals surface area (Å²) in [5.41, 5.74) is 0.446. The molecule has 0 radical (unpaired) electrons. The number of sulfonamides is 1. The Morgan fingerprint density at radius 2 is 1.88 bits per heavy atom. The molecule has 0 unspecified atom stereocenters. The third-order valence-corrected chi connectivity index (χ3v) is 4.52. The van der Waals surface area contributed by atoms with Crippen LogP contribution in [0.1, 0.15) is 18.4 Å². The van der Waals surface area contributed by atoms with E-state index >= 15 is 0 Å². The summed E-state index contributed by atoms with van der Waals surface area (Å²) in [4.78, 5) is 0. The Morgan fingerprint density at radius 1 is 1.24 bits per heavy atom. The van der Waals surface area contributed by atoms with Gasteiger partial charge in [-0.25, -0.2) is 13.1 Å². The normalized spacial score (nSPS) is 17.9. The lowest BCUT2D eigenvalue weighted by Gasteiger charge is -2.14. The average molecular weight is 255 g/mol. The van der Waals surface area contributed by atoms with E-state index in [0.29, 0.717) is 6.42 Å². The van der Waals surface area contributed by atoms with Gasteiger partial charge in [0.15, 0.2) is 0 Å². The highest BCUT2D eigenvalue weighted by molar-refractivity contribution is 7.89. The van der Waals surface area contributed by atoms with E-state index < -0.39 is 15.6 Å². The highest BCUT2D eigenvalue weighted by Gasteiger charge is 2.45. The fourth-order valence-electron chi connectivity index (χ4n) is 1.72. The summed E-state index contributed by atoms with van der Waals surface area (Å²) in [5, 5.41) is 9.08. The summed E-state index contributed by atoms with van der Waals surface area (Å²) in [7, 11) is -3.30. The van der Waals surface area contributed by atoms with Gasteiger partial charge in [-0.2, -0.15) is 0 Å². The molecule has 0 amide bonds. The lowest BCUT2D eigenvalue weighted by atomic mass is 10.2. The van der Waals surface area contributed by atoms with E-state index in [1.54, 1.807) is 0 Å². The number of aliphatic hydroxyl groups is 1. The van der Waals surface area contributed by atoms with Crippen LogP contribution in [-0.2, 0) is 16.4 Å². The lowest BCUT2D eigenvalue weighted by Crippen LogP contribution is -2.41. The molecular formula is C12H17NO3S. The number of hydrogen-bond donors (Lipinski definition) is 2. The Bertz CT molecular complexity index is 466. The highest BCUT2D eigenvalue weighted by atomic mass is 32.2. The van der Waals surface area contributed by atoms with Crippen molar-refractivity contribution in [3.05, 3.63) is 35.9 Å².